The number of carbonyl (C=O) groups excluding carboxylic acids is 2. The van der Waals surface area contributed by atoms with E-state index in [1.165, 1.54) is 6.92 Å². The number of amides is 2. The fraction of sp³-hybridized carbons (Fsp3) is 0.222. The lowest BCUT2D eigenvalue weighted by atomic mass is 9.93. The predicted octanol–water partition coefficient (Wildman–Crippen LogP) is 2.86. The Hall–Kier alpha value is -2.82. The summed E-state index contributed by atoms with van der Waals surface area (Å²) in [6, 6.07) is 9.34. The van der Waals surface area contributed by atoms with Crippen molar-refractivity contribution in [3.8, 4) is 0 Å². The van der Waals surface area contributed by atoms with Crippen LogP contribution in [0.5, 0.6) is 0 Å². The van der Waals surface area contributed by atoms with E-state index in [9.17, 15) is 9.59 Å². The number of furan rings is 1. The zero-order chi connectivity index (χ0) is 16.2. The van der Waals surface area contributed by atoms with Crippen LogP contribution in [-0.2, 0) is 16.1 Å². The summed E-state index contributed by atoms with van der Waals surface area (Å²) in [4.78, 5) is 25.8. The highest BCUT2D eigenvalue weighted by Crippen LogP contribution is 2.32. The van der Waals surface area contributed by atoms with Gasteiger partial charge in [0.1, 0.15) is 0 Å². The van der Waals surface area contributed by atoms with Crippen molar-refractivity contribution in [1.29, 1.82) is 0 Å². The van der Waals surface area contributed by atoms with Crippen LogP contribution < -0.4 is 5.32 Å². The molecule has 1 N–H and O–H groups in total. The second-order valence-electron chi connectivity index (χ2n) is 5.50. The number of rotatable bonds is 4. The third-order valence-corrected chi connectivity index (χ3v) is 3.92. The predicted molar refractivity (Wildman–Crippen MR) is 85.9 cm³/mol. The van der Waals surface area contributed by atoms with Gasteiger partial charge >= 0.3 is 0 Å². The van der Waals surface area contributed by atoms with Crippen LogP contribution in [0, 0.1) is 0 Å². The molecular formula is C18H18N2O3. The summed E-state index contributed by atoms with van der Waals surface area (Å²) < 4.78 is 4.98. The molecule has 0 saturated heterocycles. The normalized spacial score (nSPS) is 16.0. The minimum absolute atomic E-state index is 0.0802. The highest BCUT2D eigenvalue weighted by atomic mass is 16.3. The van der Waals surface area contributed by atoms with E-state index in [0.29, 0.717) is 6.54 Å². The molecule has 0 radical (unpaired) electrons. The van der Waals surface area contributed by atoms with Gasteiger partial charge in [0.2, 0.25) is 11.8 Å². The standard InChI is InChI=1S/C18H18N2O3/c1-13(21)20-8-6-15-4-2-3-5-16(15)17(20)10-18(22)19-11-14-7-9-23-12-14/h2-9,12,17H,10-11H2,1H3,(H,19,22). The summed E-state index contributed by atoms with van der Waals surface area (Å²) in [5.41, 5.74) is 2.94. The Kier molecular flexibility index (Phi) is 4.28. The van der Waals surface area contributed by atoms with E-state index in [0.717, 1.165) is 16.7 Å². The van der Waals surface area contributed by atoms with Crippen LogP contribution in [0.3, 0.4) is 0 Å². The molecule has 1 aromatic heterocycles. The summed E-state index contributed by atoms with van der Waals surface area (Å²) in [5.74, 6) is -0.184. The molecule has 0 saturated carbocycles. The Bertz CT molecular complexity index is 734. The van der Waals surface area contributed by atoms with E-state index in [1.807, 2.05) is 30.3 Å². The lowest BCUT2D eigenvalue weighted by molar-refractivity contribution is -0.130. The zero-order valence-electron chi connectivity index (χ0n) is 12.9. The van der Waals surface area contributed by atoms with E-state index < -0.39 is 0 Å². The van der Waals surface area contributed by atoms with Gasteiger partial charge in [0, 0.05) is 25.2 Å². The minimum Gasteiger partial charge on any atom is -0.472 e. The van der Waals surface area contributed by atoms with Gasteiger partial charge in [0.15, 0.2) is 0 Å². The molecule has 3 rings (SSSR count). The topological polar surface area (TPSA) is 62.6 Å². The number of carbonyl (C=O) groups is 2. The summed E-state index contributed by atoms with van der Waals surface area (Å²) in [6.07, 6.45) is 7.04. The Morgan fingerprint density at radius 2 is 2.09 bits per heavy atom. The second-order valence-corrected chi connectivity index (χ2v) is 5.50. The van der Waals surface area contributed by atoms with Gasteiger partial charge in [0.25, 0.3) is 0 Å². The van der Waals surface area contributed by atoms with Crippen molar-refractivity contribution in [2.75, 3.05) is 0 Å². The Morgan fingerprint density at radius 3 is 2.83 bits per heavy atom. The summed E-state index contributed by atoms with van der Waals surface area (Å²) >= 11 is 0. The fourth-order valence-electron chi connectivity index (χ4n) is 2.75. The lowest BCUT2D eigenvalue weighted by Crippen LogP contribution is -2.35. The van der Waals surface area contributed by atoms with Gasteiger partial charge in [-0.3, -0.25) is 9.59 Å². The first-order valence-corrected chi connectivity index (χ1v) is 7.49. The highest BCUT2D eigenvalue weighted by Gasteiger charge is 2.27. The molecule has 1 atom stereocenters. The van der Waals surface area contributed by atoms with Gasteiger partial charge in [-0.15, -0.1) is 0 Å². The minimum atomic E-state index is -0.280. The van der Waals surface area contributed by atoms with Crippen molar-refractivity contribution >= 4 is 17.9 Å². The lowest BCUT2D eigenvalue weighted by Gasteiger charge is -2.32. The maximum Gasteiger partial charge on any atom is 0.223 e. The molecule has 2 heterocycles. The number of fused-ring (bicyclic) bond motifs is 1. The van der Waals surface area contributed by atoms with E-state index in [2.05, 4.69) is 5.32 Å². The molecule has 1 aliphatic heterocycles. The molecule has 0 fully saturated rings. The van der Waals surface area contributed by atoms with Crippen LogP contribution in [0.2, 0.25) is 0 Å². The molecule has 5 heteroatoms. The first kappa shape index (κ1) is 15.1. The molecule has 2 amide bonds. The average molecular weight is 310 g/mol. The van der Waals surface area contributed by atoms with E-state index >= 15 is 0 Å². The van der Waals surface area contributed by atoms with Crippen molar-refractivity contribution in [3.05, 3.63) is 65.7 Å². The third kappa shape index (κ3) is 3.34. The van der Waals surface area contributed by atoms with E-state index in [-0.39, 0.29) is 24.3 Å². The molecule has 23 heavy (non-hydrogen) atoms. The number of hydrogen-bond donors (Lipinski definition) is 1. The summed E-state index contributed by atoms with van der Waals surface area (Å²) in [6.45, 7) is 1.92. The smallest absolute Gasteiger partial charge is 0.223 e. The molecule has 1 aromatic carbocycles. The Labute approximate surface area is 134 Å². The average Bonchev–Trinajstić information content (AvgIpc) is 3.06. The van der Waals surface area contributed by atoms with Crippen molar-refractivity contribution in [2.24, 2.45) is 0 Å². The van der Waals surface area contributed by atoms with Crippen LogP contribution in [0.4, 0.5) is 0 Å². The van der Waals surface area contributed by atoms with Gasteiger partial charge in [-0.25, -0.2) is 0 Å². The Morgan fingerprint density at radius 1 is 1.26 bits per heavy atom. The molecule has 118 valence electrons. The number of benzene rings is 1. The van der Waals surface area contributed by atoms with Gasteiger partial charge in [0.05, 0.1) is 25.0 Å². The molecule has 1 aliphatic rings. The Balaban J connectivity index is 1.74. The van der Waals surface area contributed by atoms with Crippen LogP contribution in [-0.4, -0.2) is 16.7 Å². The van der Waals surface area contributed by atoms with Gasteiger partial charge in [-0.05, 0) is 23.3 Å². The van der Waals surface area contributed by atoms with Crippen LogP contribution >= 0.6 is 0 Å². The first-order valence-electron chi connectivity index (χ1n) is 7.49. The molecule has 5 nitrogen and oxygen atoms in total. The number of hydrogen-bond acceptors (Lipinski definition) is 3. The maximum absolute atomic E-state index is 12.3. The van der Waals surface area contributed by atoms with E-state index in [4.69, 9.17) is 4.42 Å². The molecule has 1 unspecified atom stereocenters. The van der Waals surface area contributed by atoms with Gasteiger partial charge < -0.3 is 14.6 Å². The van der Waals surface area contributed by atoms with Crippen LogP contribution in [0.25, 0.3) is 6.08 Å². The van der Waals surface area contributed by atoms with Gasteiger partial charge in [-0.2, -0.15) is 0 Å². The zero-order valence-corrected chi connectivity index (χ0v) is 12.9. The molecule has 2 aromatic rings. The van der Waals surface area contributed by atoms with Gasteiger partial charge in [-0.1, -0.05) is 24.3 Å². The molecule has 0 aliphatic carbocycles. The molecule has 0 bridgehead atoms. The first-order chi connectivity index (χ1) is 11.1. The molecule has 0 spiro atoms. The van der Waals surface area contributed by atoms with Crippen molar-refractivity contribution < 1.29 is 14.0 Å². The SMILES string of the molecule is CC(=O)N1C=Cc2ccccc2C1CC(=O)NCc1ccoc1. The number of nitrogens with zero attached hydrogens (tertiary/aromatic N) is 1. The molecular weight excluding hydrogens is 292 g/mol. The quantitative estimate of drug-likeness (QED) is 0.944. The second kappa shape index (κ2) is 6.52. The van der Waals surface area contributed by atoms with Crippen LogP contribution in [0.1, 0.15) is 36.1 Å². The third-order valence-electron chi connectivity index (χ3n) is 3.92. The number of nitrogens with one attached hydrogen (secondary N) is 1. The van der Waals surface area contributed by atoms with Crippen LogP contribution in [0.15, 0.2) is 53.5 Å². The van der Waals surface area contributed by atoms with E-state index in [1.54, 1.807) is 29.7 Å². The largest absolute Gasteiger partial charge is 0.472 e. The fourth-order valence-corrected chi connectivity index (χ4v) is 2.75. The van der Waals surface area contributed by atoms with Crippen molar-refractivity contribution in [3.63, 3.8) is 0 Å². The van der Waals surface area contributed by atoms with Crippen molar-refractivity contribution in [1.82, 2.24) is 10.2 Å². The monoisotopic (exact) mass is 310 g/mol. The summed E-state index contributed by atoms with van der Waals surface area (Å²) in [5, 5.41) is 2.86. The maximum atomic E-state index is 12.3. The summed E-state index contributed by atoms with van der Waals surface area (Å²) in [7, 11) is 0. The van der Waals surface area contributed by atoms with Crippen molar-refractivity contribution in [2.45, 2.75) is 25.9 Å². The highest BCUT2D eigenvalue weighted by molar-refractivity contribution is 5.81.